The summed E-state index contributed by atoms with van der Waals surface area (Å²) in [7, 11) is 0. The maximum Gasteiger partial charge on any atom is 0.273 e. The lowest BCUT2D eigenvalue weighted by Gasteiger charge is -2.09. The van der Waals surface area contributed by atoms with Gasteiger partial charge in [-0.25, -0.2) is 4.98 Å². The highest BCUT2D eigenvalue weighted by Crippen LogP contribution is 2.23. The number of benzene rings is 1. The van der Waals surface area contributed by atoms with E-state index >= 15 is 0 Å². The van der Waals surface area contributed by atoms with E-state index in [1.165, 1.54) is 23.3 Å². The third-order valence-corrected chi connectivity index (χ3v) is 4.52. The van der Waals surface area contributed by atoms with E-state index in [9.17, 15) is 0 Å². The molecule has 1 saturated heterocycles. The number of rotatable bonds is 6. The van der Waals surface area contributed by atoms with Crippen LogP contribution in [0.5, 0.6) is 5.19 Å². The van der Waals surface area contributed by atoms with E-state index in [-0.39, 0.29) is 0 Å². The number of nitrogens with zero attached hydrogens (tertiary/aromatic N) is 1. The third-order valence-electron chi connectivity index (χ3n) is 3.61. The molecule has 1 unspecified atom stereocenters. The van der Waals surface area contributed by atoms with Gasteiger partial charge in [0.2, 0.25) is 0 Å². The summed E-state index contributed by atoms with van der Waals surface area (Å²) >= 11 is 1.66. The summed E-state index contributed by atoms with van der Waals surface area (Å²) < 4.78 is 5.75. The summed E-state index contributed by atoms with van der Waals surface area (Å²) in [5.41, 5.74) is 1.32. The van der Waals surface area contributed by atoms with Gasteiger partial charge in [0, 0.05) is 23.5 Å². The Balaban J connectivity index is 1.46. The first kappa shape index (κ1) is 13.6. The second-order valence-electron chi connectivity index (χ2n) is 5.19. The lowest BCUT2D eigenvalue weighted by atomic mass is 10.1. The predicted octanol–water partition coefficient (Wildman–Crippen LogP) is 3.25. The molecule has 1 aromatic heterocycles. The van der Waals surface area contributed by atoms with Crippen LogP contribution in [0, 0.1) is 0 Å². The van der Waals surface area contributed by atoms with Crippen LogP contribution in [0.25, 0.3) is 0 Å². The molecule has 0 amide bonds. The van der Waals surface area contributed by atoms with Crippen molar-refractivity contribution in [3.8, 4) is 5.19 Å². The molecule has 4 heteroatoms. The Morgan fingerprint density at radius 2 is 2.20 bits per heavy atom. The monoisotopic (exact) mass is 288 g/mol. The van der Waals surface area contributed by atoms with Gasteiger partial charge in [-0.2, -0.15) is 0 Å². The van der Waals surface area contributed by atoms with Gasteiger partial charge in [-0.1, -0.05) is 41.7 Å². The van der Waals surface area contributed by atoms with Gasteiger partial charge in [-0.05, 0) is 31.4 Å². The van der Waals surface area contributed by atoms with E-state index in [2.05, 4.69) is 34.6 Å². The second kappa shape index (κ2) is 6.86. The van der Waals surface area contributed by atoms with Crippen molar-refractivity contribution in [2.24, 2.45) is 0 Å². The highest BCUT2D eigenvalue weighted by atomic mass is 32.1. The van der Waals surface area contributed by atoms with E-state index in [0.717, 1.165) is 31.2 Å². The molecule has 0 radical (unpaired) electrons. The van der Waals surface area contributed by atoms with Crippen LogP contribution in [0.1, 0.15) is 29.7 Å². The highest BCUT2D eigenvalue weighted by Gasteiger charge is 2.13. The molecule has 2 aromatic rings. The molecular formula is C16H20N2OS. The SMILES string of the molecule is c1ccc(Cc2cnc(OCCC3CCCN3)s2)cc1. The fourth-order valence-corrected chi connectivity index (χ4v) is 3.34. The first-order chi connectivity index (χ1) is 9.90. The Morgan fingerprint density at radius 1 is 1.30 bits per heavy atom. The molecule has 0 bridgehead atoms. The Kier molecular flexibility index (Phi) is 4.66. The molecule has 0 saturated carbocycles. The molecule has 3 nitrogen and oxygen atoms in total. The maximum atomic E-state index is 5.75. The molecule has 0 aliphatic carbocycles. The fraction of sp³-hybridized carbons (Fsp3) is 0.438. The first-order valence-electron chi connectivity index (χ1n) is 7.25. The van der Waals surface area contributed by atoms with Crippen molar-refractivity contribution in [3.05, 3.63) is 47.0 Å². The zero-order valence-electron chi connectivity index (χ0n) is 11.5. The third kappa shape index (κ3) is 3.81. The van der Waals surface area contributed by atoms with Gasteiger partial charge < -0.3 is 10.1 Å². The van der Waals surface area contributed by atoms with Crippen molar-refractivity contribution in [1.82, 2.24) is 10.3 Å². The molecule has 1 fully saturated rings. The van der Waals surface area contributed by atoms with Crippen LogP contribution in [-0.2, 0) is 6.42 Å². The van der Waals surface area contributed by atoms with E-state index in [0.29, 0.717) is 6.04 Å². The molecular weight excluding hydrogens is 268 g/mol. The average molecular weight is 288 g/mol. The number of hydrogen-bond donors (Lipinski definition) is 1. The summed E-state index contributed by atoms with van der Waals surface area (Å²) in [5, 5.41) is 4.28. The minimum atomic E-state index is 0.638. The van der Waals surface area contributed by atoms with Gasteiger partial charge in [0.25, 0.3) is 5.19 Å². The van der Waals surface area contributed by atoms with Crippen LogP contribution in [0.15, 0.2) is 36.5 Å². The molecule has 1 N–H and O–H groups in total. The number of aromatic nitrogens is 1. The van der Waals surface area contributed by atoms with Gasteiger partial charge in [-0.3, -0.25) is 0 Å². The molecule has 0 spiro atoms. The van der Waals surface area contributed by atoms with Crippen molar-refractivity contribution >= 4 is 11.3 Å². The number of ether oxygens (including phenoxy) is 1. The van der Waals surface area contributed by atoms with Crippen LogP contribution in [0.3, 0.4) is 0 Å². The summed E-state index contributed by atoms with van der Waals surface area (Å²) in [5.74, 6) is 0. The molecule has 106 valence electrons. The van der Waals surface area contributed by atoms with Gasteiger partial charge >= 0.3 is 0 Å². The van der Waals surface area contributed by atoms with E-state index in [1.54, 1.807) is 11.3 Å². The standard InChI is InChI=1S/C16H20N2OS/c1-2-5-13(6-3-1)11-15-12-18-16(20-15)19-10-8-14-7-4-9-17-14/h1-3,5-6,12,14,17H,4,7-11H2. The minimum Gasteiger partial charge on any atom is -0.470 e. The quantitative estimate of drug-likeness (QED) is 0.886. The summed E-state index contributed by atoms with van der Waals surface area (Å²) in [6.07, 6.45) is 6.52. The van der Waals surface area contributed by atoms with Crippen LogP contribution in [0.2, 0.25) is 0 Å². The first-order valence-corrected chi connectivity index (χ1v) is 8.06. The molecule has 2 heterocycles. The number of thiazole rings is 1. The molecule has 1 aromatic carbocycles. The summed E-state index contributed by atoms with van der Waals surface area (Å²) in [6, 6.07) is 11.1. The van der Waals surface area contributed by atoms with Crippen molar-refractivity contribution < 1.29 is 4.74 Å². The van der Waals surface area contributed by atoms with Gasteiger partial charge in [-0.15, -0.1) is 0 Å². The van der Waals surface area contributed by atoms with Crippen molar-refractivity contribution in [2.45, 2.75) is 31.7 Å². The van der Waals surface area contributed by atoms with Crippen LogP contribution in [0.4, 0.5) is 0 Å². The molecule has 1 aliphatic rings. The second-order valence-corrected chi connectivity index (χ2v) is 6.26. The predicted molar refractivity (Wildman–Crippen MR) is 82.5 cm³/mol. The lowest BCUT2D eigenvalue weighted by Crippen LogP contribution is -2.23. The number of nitrogens with one attached hydrogen (secondary N) is 1. The number of hydrogen-bond acceptors (Lipinski definition) is 4. The normalized spacial score (nSPS) is 18.3. The lowest BCUT2D eigenvalue weighted by molar-refractivity contribution is 0.291. The Hall–Kier alpha value is -1.39. The Labute approximate surface area is 124 Å². The Bertz CT molecular complexity index is 520. The van der Waals surface area contributed by atoms with Crippen molar-refractivity contribution in [1.29, 1.82) is 0 Å². The van der Waals surface area contributed by atoms with E-state index in [1.807, 2.05) is 12.3 Å². The van der Waals surface area contributed by atoms with Crippen LogP contribution < -0.4 is 10.1 Å². The average Bonchev–Trinajstić information content (AvgIpc) is 3.12. The highest BCUT2D eigenvalue weighted by molar-refractivity contribution is 7.13. The van der Waals surface area contributed by atoms with Crippen LogP contribution in [-0.4, -0.2) is 24.2 Å². The summed E-state index contributed by atoms with van der Waals surface area (Å²) in [4.78, 5) is 5.61. The molecule has 1 atom stereocenters. The molecule has 20 heavy (non-hydrogen) atoms. The zero-order chi connectivity index (χ0) is 13.6. The van der Waals surface area contributed by atoms with E-state index < -0.39 is 0 Å². The molecule has 1 aliphatic heterocycles. The topological polar surface area (TPSA) is 34.1 Å². The smallest absolute Gasteiger partial charge is 0.273 e. The van der Waals surface area contributed by atoms with Crippen LogP contribution >= 0.6 is 11.3 Å². The Morgan fingerprint density at radius 3 is 3.00 bits per heavy atom. The fourth-order valence-electron chi connectivity index (χ4n) is 2.53. The van der Waals surface area contributed by atoms with Gasteiger partial charge in [0.05, 0.1) is 6.61 Å². The minimum absolute atomic E-state index is 0.638. The van der Waals surface area contributed by atoms with Gasteiger partial charge in [0.1, 0.15) is 0 Å². The van der Waals surface area contributed by atoms with E-state index in [4.69, 9.17) is 4.74 Å². The molecule has 3 rings (SSSR count). The van der Waals surface area contributed by atoms with Gasteiger partial charge in [0.15, 0.2) is 0 Å². The maximum absolute atomic E-state index is 5.75. The summed E-state index contributed by atoms with van der Waals surface area (Å²) in [6.45, 7) is 1.92. The zero-order valence-corrected chi connectivity index (χ0v) is 12.4. The largest absolute Gasteiger partial charge is 0.470 e. The van der Waals surface area contributed by atoms with Crippen molar-refractivity contribution in [3.63, 3.8) is 0 Å². The van der Waals surface area contributed by atoms with Crippen molar-refractivity contribution in [2.75, 3.05) is 13.2 Å².